The first-order valence-corrected chi connectivity index (χ1v) is 7.46. The molecule has 0 saturated carbocycles. The van der Waals surface area contributed by atoms with Gasteiger partial charge in [-0.25, -0.2) is 4.98 Å². The van der Waals surface area contributed by atoms with Crippen molar-refractivity contribution in [3.63, 3.8) is 0 Å². The summed E-state index contributed by atoms with van der Waals surface area (Å²) in [5.74, 6) is 0.827. The molecule has 1 aliphatic heterocycles. The smallest absolute Gasteiger partial charge is 0.363 e. The zero-order valence-corrected chi connectivity index (χ0v) is 13.2. The summed E-state index contributed by atoms with van der Waals surface area (Å²) in [5.41, 5.74) is -0.946. The van der Waals surface area contributed by atoms with Crippen molar-refractivity contribution in [1.82, 2.24) is 30.6 Å². The number of aromatic nitrogens is 6. The van der Waals surface area contributed by atoms with Crippen LogP contribution in [0, 0.1) is 0 Å². The number of piperidine rings is 1. The Kier molecular flexibility index (Phi) is 4.24. The number of nitrogens with one attached hydrogen (secondary N) is 1. The Balaban J connectivity index is 1.91. The second-order valence-electron chi connectivity index (χ2n) is 5.86. The molecule has 3 heterocycles. The van der Waals surface area contributed by atoms with Crippen LogP contribution in [0.3, 0.4) is 0 Å². The molecule has 1 saturated heterocycles. The van der Waals surface area contributed by atoms with E-state index in [1.807, 2.05) is 0 Å². The van der Waals surface area contributed by atoms with E-state index < -0.39 is 11.9 Å². The highest BCUT2D eigenvalue weighted by Crippen LogP contribution is 2.32. The van der Waals surface area contributed by atoms with Gasteiger partial charge >= 0.3 is 6.18 Å². The van der Waals surface area contributed by atoms with Gasteiger partial charge in [0.1, 0.15) is 5.82 Å². The molecule has 0 amide bonds. The molecule has 0 radical (unpaired) electrons. The van der Waals surface area contributed by atoms with Crippen molar-refractivity contribution >= 4 is 11.8 Å². The molecule has 2 aromatic heterocycles. The van der Waals surface area contributed by atoms with Gasteiger partial charge in [0, 0.05) is 39.2 Å². The Bertz CT molecular complexity index is 685. The average molecular weight is 342 g/mol. The third-order valence-corrected chi connectivity index (χ3v) is 3.88. The molecular formula is C13H17F3N8. The van der Waals surface area contributed by atoms with Crippen LogP contribution in [-0.4, -0.2) is 57.8 Å². The van der Waals surface area contributed by atoms with Gasteiger partial charge in [-0.05, 0) is 12.8 Å². The van der Waals surface area contributed by atoms with E-state index >= 15 is 0 Å². The molecule has 8 nitrogen and oxygen atoms in total. The van der Waals surface area contributed by atoms with Crippen LogP contribution in [0.25, 0.3) is 0 Å². The van der Waals surface area contributed by atoms with E-state index in [0.29, 0.717) is 18.9 Å². The minimum absolute atomic E-state index is 0.0153. The molecule has 0 spiro atoms. The number of hydrogen-bond acceptors (Lipinski definition) is 7. The number of H-pyrrole nitrogens is 1. The van der Waals surface area contributed by atoms with Gasteiger partial charge in [-0.3, -0.25) is 0 Å². The first kappa shape index (κ1) is 16.4. The molecule has 2 aromatic rings. The number of alkyl halides is 3. The monoisotopic (exact) mass is 342 g/mol. The summed E-state index contributed by atoms with van der Waals surface area (Å²) in [6.45, 7) is 1.04. The first-order valence-electron chi connectivity index (χ1n) is 7.46. The molecule has 1 atom stereocenters. The molecule has 0 bridgehead atoms. The van der Waals surface area contributed by atoms with E-state index in [4.69, 9.17) is 0 Å². The predicted octanol–water partition coefficient (Wildman–Crippen LogP) is 1.46. The molecule has 1 fully saturated rings. The van der Waals surface area contributed by atoms with Crippen LogP contribution in [-0.2, 0) is 6.18 Å². The van der Waals surface area contributed by atoms with Gasteiger partial charge in [0.25, 0.3) is 0 Å². The van der Waals surface area contributed by atoms with E-state index in [1.165, 1.54) is 4.90 Å². The lowest BCUT2D eigenvalue weighted by atomic mass is 9.98. The Morgan fingerprint density at radius 3 is 2.71 bits per heavy atom. The maximum atomic E-state index is 13.1. The molecule has 130 valence electrons. The summed E-state index contributed by atoms with van der Waals surface area (Å²) in [6.07, 6.45) is -2.89. The highest BCUT2D eigenvalue weighted by atomic mass is 19.4. The summed E-state index contributed by atoms with van der Waals surface area (Å²) in [6, 6.07) is 0.949. The zero-order chi connectivity index (χ0) is 17.3. The molecule has 3 rings (SSSR count). The molecule has 11 heteroatoms. The Morgan fingerprint density at radius 2 is 2.08 bits per heavy atom. The first-order chi connectivity index (χ1) is 11.3. The third-order valence-electron chi connectivity index (χ3n) is 3.88. The van der Waals surface area contributed by atoms with E-state index in [1.54, 1.807) is 19.0 Å². The molecular weight excluding hydrogens is 325 g/mol. The number of aromatic amines is 1. The van der Waals surface area contributed by atoms with Crippen LogP contribution in [0.2, 0.25) is 0 Å². The number of rotatable bonds is 3. The summed E-state index contributed by atoms with van der Waals surface area (Å²) in [7, 11) is 3.29. The van der Waals surface area contributed by atoms with Gasteiger partial charge in [-0.15, -0.1) is 10.2 Å². The van der Waals surface area contributed by atoms with Gasteiger partial charge < -0.3 is 9.80 Å². The number of anilines is 2. The predicted molar refractivity (Wildman–Crippen MR) is 79.7 cm³/mol. The number of hydrogen-bond donors (Lipinski definition) is 1. The van der Waals surface area contributed by atoms with E-state index in [-0.39, 0.29) is 17.7 Å². The fourth-order valence-electron chi connectivity index (χ4n) is 2.65. The maximum absolute atomic E-state index is 13.1. The number of tetrazole rings is 1. The Hall–Kier alpha value is -2.46. The lowest BCUT2D eigenvalue weighted by Gasteiger charge is -2.32. The van der Waals surface area contributed by atoms with Crippen LogP contribution < -0.4 is 9.80 Å². The molecule has 1 aliphatic rings. The molecule has 0 aromatic carbocycles. The Morgan fingerprint density at radius 1 is 1.29 bits per heavy atom. The van der Waals surface area contributed by atoms with Gasteiger partial charge in [-0.2, -0.15) is 23.4 Å². The normalized spacial score (nSPS) is 18.7. The quantitative estimate of drug-likeness (QED) is 0.903. The van der Waals surface area contributed by atoms with Crippen molar-refractivity contribution in [2.24, 2.45) is 0 Å². The molecule has 24 heavy (non-hydrogen) atoms. The van der Waals surface area contributed by atoms with Gasteiger partial charge in [0.15, 0.2) is 11.5 Å². The fraction of sp³-hybridized carbons (Fsp3) is 0.615. The third kappa shape index (κ3) is 3.39. The molecule has 1 unspecified atom stereocenters. The average Bonchev–Trinajstić information content (AvgIpc) is 3.08. The van der Waals surface area contributed by atoms with Crippen LogP contribution in [0.4, 0.5) is 24.9 Å². The minimum Gasteiger partial charge on any atom is -0.363 e. The SMILES string of the molecule is CN(C)c1cc(C(F)(F)F)nc(N2CCCC(c3nn[nH]n3)C2)n1. The molecule has 0 aliphatic carbocycles. The lowest BCUT2D eigenvalue weighted by Crippen LogP contribution is -2.36. The van der Waals surface area contributed by atoms with Crippen molar-refractivity contribution < 1.29 is 13.2 Å². The van der Waals surface area contributed by atoms with Crippen molar-refractivity contribution in [1.29, 1.82) is 0 Å². The highest BCUT2D eigenvalue weighted by Gasteiger charge is 2.35. The van der Waals surface area contributed by atoms with Crippen LogP contribution >= 0.6 is 0 Å². The van der Waals surface area contributed by atoms with Crippen molar-refractivity contribution in [2.75, 3.05) is 37.0 Å². The summed E-state index contributed by atoms with van der Waals surface area (Å²) < 4.78 is 39.4. The summed E-state index contributed by atoms with van der Waals surface area (Å²) >= 11 is 0. The van der Waals surface area contributed by atoms with Crippen LogP contribution in [0.15, 0.2) is 6.07 Å². The number of halogens is 3. The van der Waals surface area contributed by atoms with Crippen molar-refractivity contribution in [2.45, 2.75) is 24.9 Å². The molecule has 1 N–H and O–H groups in total. The van der Waals surface area contributed by atoms with E-state index in [9.17, 15) is 13.2 Å². The van der Waals surface area contributed by atoms with Gasteiger partial charge in [0.05, 0.1) is 0 Å². The zero-order valence-electron chi connectivity index (χ0n) is 13.2. The second kappa shape index (κ2) is 6.21. The topological polar surface area (TPSA) is 86.7 Å². The van der Waals surface area contributed by atoms with E-state index in [0.717, 1.165) is 18.9 Å². The van der Waals surface area contributed by atoms with Crippen LogP contribution in [0.1, 0.15) is 30.3 Å². The standard InChI is InChI=1S/C13H17F3N8/c1-23(2)10-6-9(13(14,15)16)17-12(18-10)24-5-3-4-8(7-24)11-19-21-22-20-11/h6,8H,3-5,7H2,1-2H3,(H,19,20,21,22). The summed E-state index contributed by atoms with van der Waals surface area (Å²) in [4.78, 5) is 11.3. The second-order valence-corrected chi connectivity index (χ2v) is 5.86. The van der Waals surface area contributed by atoms with E-state index in [2.05, 4.69) is 30.6 Å². The Labute approximate surface area is 136 Å². The van der Waals surface area contributed by atoms with Crippen LogP contribution in [0.5, 0.6) is 0 Å². The lowest BCUT2D eigenvalue weighted by molar-refractivity contribution is -0.141. The largest absolute Gasteiger partial charge is 0.433 e. The van der Waals surface area contributed by atoms with Gasteiger partial charge in [0.2, 0.25) is 5.95 Å². The number of nitrogens with zero attached hydrogens (tertiary/aromatic N) is 7. The fourth-order valence-corrected chi connectivity index (χ4v) is 2.65. The van der Waals surface area contributed by atoms with Crippen molar-refractivity contribution in [3.05, 3.63) is 17.6 Å². The minimum atomic E-state index is -4.52. The van der Waals surface area contributed by atoms with Gasteiger partial charge in [-0.1, -0.05) is 5.21 Å². The maximum Gasteiger partial charge on any atom is 0.433 e. The summed E-state index contributed by atoms with van der Waals surface area (Å²) in [5, 5.41) is 13.9. The highest BCUT2D eigenvalue weighted by molar-refractivity contribution is 5.46. The van der Waals surface area contributed by atoms with Crippen molar-refractivity contribution in [3.8, 4) is 0 Å².